The molecule has 0 saturated heterocycles. The Balaban J connectivity index is 1.52. The van der Waals surface area contributed by atoms with E-state index in [2.05, 4.69) is 10.3 Å². The predicted molar refractivity (Wildman–Crippen MR) is 108 cm³/mol. The normalized spacial score (nSPS) is 10.5. The lowest BCUT2D eigenvalue weighted by Crippen LogP contribution is -2.30. The maximum Gasteiger partial charge on any atom is 0.257 e. The van der Waals surface area contributed by atoms with E-state index in [1.54, 1.807) is 14.2 Å². The summed E-state index contributed by atoms with van der Waals surface area (Å²) in [4.78, 5) is 16.6. The van der Waals surface area contributed by atoms with Gasteiger partial charge in [-0.05, 0) is 43.2 Å². The standard InChI is InChI=1S/C22H24N2O4/c1-15-7-9-17-5-4-6-19(22(17)24-15)28-14-21(25)23-12-11-16-8-10-18(26-2)20(13-16)27-3/h4-10,13H,11-12,14H2,1-3H3,(H,23,25). The molecule has 0 fully saturated rings. The Bertz CT molecular complexity index is 972. The summed E-state index contributed by atoms with van der Waals surface area (Å²) in [5.41, 5.74) is 2.72. The van der Waals surface area contributed by atoms with Gasteiger partial charge >= 0.3 is 0 Å². The second-order valence-electron chi connectivity index (χ2n) is 6.36. The van der Waals surface area contributed by atoms with Crippen LogP contribution in [0, 0.1) is 6.92 Å². The highest BCUT2D eigenvalue weighted by Gasteiger charge is 2.08. The Hall–Kier alpha value is -3.28. The second-order valence-corrected chi connectivity index (χ2v) is 6.36. The lowest BCUT2D eigenvalue weighted by Gasteiger charge is -2.11. The maximum atomic E-state index is 12.1. The molecule has 3 aromatic rings. The predicted octanol–water partition coefficient (Wildman–Crippen LogP) is 3.30. The van der Waals surface area contributed by atoms with Crippen LogP contribution in [0.25, 0.3) is 10.9 Å². The average molecular weight is 380 g/mol. The van der Waals surface area contributed by atoms with Gasteiger partial charge in [-0.25, -0.2) is 4.98 Å². The van der Waals surface area contributed by atoms with E-state index in [9.17, 15) is 4.79 Å². The van der Waals surface area contributed by atoms with Crippen molar-refractivity contribution in [1.82, 2.24) is 10.3 Å². The quantitative estimate of drug-likeness (QED) is 0.649. The molecule has 6 nitrogen and oxygen atoms in total. The first-order chi connectivity index (χ1) is 13.6. The monoisotopic (exact) mass is 380 g/mol. The molecule has 1 amide bonds. The summed E-state index contributed by atoms with van der Waals surface area (Å²) in [6.07, 6.45) is 0.682. The van der Waals surface area contributed by atoms with Crippen LogP contribution >= 0.6 is 0 Å². The molecule has 0 spiro atoms. The number of aromatic nitrogens is 1. The summed E-state index contributed by atoms with van der Waals surface area (Å²) in [5, 5.41) is 3.85. The highest BCUT2D eigenvalue weighted by atomic mass is 16.5. The van der Waals surface area contributed by atoms with Crippen LogP contribution < -0.4 is 19.5 Å². The molecule has 1 aromatic heterocycles. The molecular weight excluding hydrogens is 356 g/mol. The molecule has 0 saturated carbocycles. The number of methoxy groups -OCH3 is 2. The molecule has 1 heterocycles. The van der Waals surface area contributed by atoms with Crippen LogP contribution in [0.15, 0.2) is 48.5 Å². The molecule has 0 atom stereocenters. The molecule has 28 heavy (non-hydrogen) atoms. The van der Waals surface area contributed by atoms with Crippen molar-refractivity contribution in [3.8, 4) is 17.2 Å². The number of ether oxygens (including phenoxy) is 3. The van der Waals surface area contributed by atoms with E-state index in [0.29, 0.717) is 30.2 Å². The van der Waals surface area contributed by atoms with Crippen molar-refractivity contribution < 1.29 is 19.0 Å². The van der Waals surface area contributed by atoms with Crippen molar-refractivity contribution in [1.29, 1.82) is 0 Å². The highest BCUT2D eigenvalue weighted by Crippen LogP contribution is 2.27. The van der Waals surface area contributed by atoms with Gasteiger partial charge in [-0.15, -0.1) is 0 Å². The van der Waals surface area contributed by atoms with Crippen LogP contribution in [0.5, 0.6) is 17.2 Å². The molecule has 0 aliphatic heterocycles. The summed E-state index contributed by atoms with van der Waals surface area (Å²) in [5.74, 6) is 1.79. The average Bonchev–Trinajstić information content (AvgIpc) is 2.72. The number of amides is 1. The summed E-state index contributed by atoms with van der Waals surface area (Å²) >= 11 is 0. The molecule has 0 unspecified atom stereocenters. The van der Waals surface area contributed by atoms with Crippen molar-refractivity contribution in [2.24, 2.45) is 0 Å². The summed E-state index contributed by atoms with van der Waals surface area (Å²) < 4.78 is 16.2. The SMILES string of the molecule is COc1ccc(CCNC(=O)COc2cccc3ccc(C)nc23)cc1OC. The fraction of sp³-hybridized carbons (Fsp3) is 0.273. The highest BCUT2D eigenvalue weighted by molar-refractivity contribution is 5.85. The zero-order valence-electron chi connectivity index (χ0n) is 16.3. The molecule has 0 aliphatic rings. The summed E-state index contributed by atoms with van der Waals surface area (Å²) in [6.45, 7) is 2.38. The zero-order valence-corrected chi connectivity index (χ0v) is 16.3. The number of nitrogens with zero attached hydrogens (tertiary/aromatic N) is 1. The van der Waals surface area contributed by atoms with Gasteiger partial charge in [0.2, 0.25) is 0 Å². The van der Waals surface area contributed by atoms with Gasteiger partial charge < -0.3 is 19.5 Å². The number of aryl methyl sites for hydroxylation is 1. The summed E-state index contributed by atoms with van der Waals surface area (Å²) in [7, 11) is 3.20. The van der Waals surface area contributed by atoms with Crippen LogP contribution in [0.1, 0.15) is 11.3 Å². The lowest BCUT2D eigenvalue weighted by atomic mass is 10.1. The number of fused-ring (bicyclic) bond motifs is 1. The van der Waals surface area contributed by atoms with Crippen LogP contribution in [0.2, 0.25) is 0 Å². The Morgan fingerprint density at radius 1 is 1.00 bits per heavy atom. The number of rotatable bonds is 8. The van der Waals surface area contributed by atoms with Crippen molar-refractivity contribution in [2.75, 3.05) is 27.4 Å². The third-order valence-electron chi connectivity index (χ3n) is 4.37. The minimum absolute atomic E-state index is 0.0549. The second kappa shape index (κ2) is 9.08. The van der Waals surface area contributed by atoms with E-state index in [1.807, 2.05) is 55.5 Å². The van der Waals surface area contributed by atoms with Crippen molar-refractivity contribution in [2.45, 2.75) is 13.3 Å². The van der Waals surface area contributed by atoms with Crippen molar-refractivity contribution in [3.05, 3.63) is 59.8 Å². The number of nitrogens with one attached hydrogen (secondary N) is 1. The van der Waals surface area contributed by atoms with E-state index < -0.39 is 0 Å². The number of hydrogen-bond acceptors (Lipinski definition) is 5. The number of carbonyl (C=O) groups excluding carboxylic acids is 1. The number of benzene rings is 2. The van der Waals surface area contributed by atoms with Gasteiger partial charge in [0.1, 0.15) is 11.3 Å². The summed E-state index contributed by atoms with van der Waals surface area (Å²) in [6, 6.07) is 15.3. The van der Waals surface area contributed by atoms with Crippen molar-refractivity contribution >= 4 is 16.8 Å². The number of pyridine rings is 1. The van der Waals surface area contributed by atoms with Gasteiger partial charge in [-0.1, -0.05) is 24.3 Å². The first kappa shape index (κ1) is 19.5. The topological polar surface area (TPSA) is 69.7 Å². The molecule has 0 radical (unpaired) electrons. The van der Waals surface area contributed by atoms with E-state index >= 15 is 0 Å². The van der Waals surface area contributed by atoms with Crippen molar-refractivity contribution in [3.63, 3.8) is 0 Å². The van der Waals surface area contributed by atoms with Gasteiger partial charge in [-0.3, -0.25) is 4.79 Å². The smallest absolute Gasteiger partial charge is 0.257 e. The Labute approximate surface area is 164 Å². The fourth-order valence-electron chi connectivity index (χ4n) is 2.91. The third-order valence-corrected chi connectivity index (χ3v) is 4.37. The van der Waals surface area contributed by atoms with Gasteiger partial charge in [0.25, 0.3) is 5.91 Å². The van der Waals surface area contributed by atoms with Gasteiger partial charge in [0.05, 0.1) is 14.2 Å². The van der Waals surface area contributed by atoms with E-state index in [1.165, 1.54) is 0 Å². The molecule has 0 aliphatic carbocycles. The Morgan fingerprint density at radius 3 is 2.61 bits per heavy atom. The maximum absolute atomic E-state index is 12.1. The van der Waals surface area contributed by atoms with E-state index in [-0.39, 0.29) is 12.5 Å². The largest absolute Gasteiger partial charge is 0.493 e. The number of para-hydroxylation sites is 1. The zero-order chi connectivity index (χ0) is 19.9. The van der Waals surface area contributed by atoms with Gasteiger partial charge in [-0.2, -0.15) is 0 Å². The van der Waals surface area contributed by atoms with Gasteiger partial charge in [0.15, 0.2) is 18.1 Å². The minimum Gasteiger partial charge on any atom is -0.493 e. The molecule has 0 bridgehead atoms. The number of hydrogen-bond donors (Lipinski definition) is 1. The minimum atomic E-state index is -0.176. The van der Waals surface area contributed by atoms with Crippen LogP contribution in [0.4, 0.5) is 0 Å². The number of carbonyl (C=O) groups is 1. The molecule has 6 heteroatoms. The van der Waals surface area contributed by atoms with Crippen LogP contribution in [-0.2, 0) is 11.2 Å². The third kappa shape index (κ3) is 4.71. The molecular formula is C22H24N2O4. The fourth-order valence-corrected chi connectivity index (χ4v) is 2.91. The van der Waals surface area contributed by atoms with E-state index in [4.69, 9.17) is 14.2 Å². The Morgan fingerprint density at radius 2 is 1.82 bits per heavy atom. The first-order valence-corrected chi connectivity index (χ1v) is 9.07. The van der Waals surface area contributed by atoms with Gasteiger partial charge in [0, 0.05) is 17.6 Å². The molecule has 2 aromatic carbocycles. The lowest BCUT2D eigenvalue weighted by molar-refractivity contribution is -0.123. The first-order valence-electron chi connectivity index (χ1n) is 9.07. The Kier molecular flexibility index (Phi) is 6.32. The molecule has 146 valence electrons. The van der Waals surface area contributed by atoms with Crippen LogP contribution in [0.3, 0.4) is 0 Å². The molecule has 3 rings (SSSR count). The molecule has 1 N–H and O–H groups in total. The van der Waals surface area contributed by atoms with E-state index in [0.717, 1.165) is 22.2 Å². The van der Waals surface area contributed by atoms with Crippen LogP contribution in [-0.4, -0.2) is 38.3 Å².